The fraction of sp³-hybridized carbons (Fsp3) is 0.250. The van der Waals surface area contributed by atoms with Crippen LogP contribution in [0.15, 0.2) is 18.2 Å². The zero-order valence-electron chi connectivity index (χ0n) is 7.99. The van der Waals surface area contributed by atoms with E-state index in [1.54, 1.807) is 0 Å². The second kappa shape index (κ2) is 3.87. The lowest BCUT2D eigenvalue weighted by Gasteiger charge is -2.06. The van der Waals surface area contributed by atoms with Crippen LogP contribution in [0, 0.1) is 15.0 Å². The average Bonchev–Trinajstić information content (AvgIpc) is 2.15. The van der Waals surface area contributed by atoms with E-state index in [1.165, 1.54) is 0 Å². The summed E-state index contributed by atoms with van der Waals surface area (Å²) in [4.78, 5) is 20.0. The minimum absolute atomic E-state index is 0.193. The zero-order valence-corrected chi connectivity index (χ0v) is 7.99. The SMILES string of the molecule is C[N+](=O)c1ccc([N+](=O)[O-])c(C(F)(F)F)c1. The molecular weight excluding hydrogens is 229 g/mol. The van der Waals surface area contributed by atoms with Crippen LogP contribution in [0.3, 0.4) is 0 Å². The summed E-state index contributed by atoms with van der Waals surface area (Å²) in [7, 11) is 1.00. The van der Waals surface area contributed by atoms with Crippen LogP contribution in [0.4, 0.5) is 24.5 Å². The summed E-state index contributed by atoms with van der Waals surface area (Å²) in [5.41, 5.74) is -2.80. The predicted molar refractivity (Wildman–Crippen MR) is 47.3 cm³/mol. The largest absolute Gasteiger partial charge is 0.423 e. The molecule has 0 unspecified atom stereocenters. The van der Waals surface area contributed by atoms with Crippen molar-refractivity contribution in [2.45, 2.75) is 6.18 Å². The molecule has 0 fully saturated rings. The van der Waals surface area contributed by atoms with Crippen molar-refractivity contribution in [2.24, 2.45) is 0 Å². The van der Waals surface area contributed by atoms with Crippen molar-refractivity contribution in [3.8, 4) is 0 Å². The third-order valence-electron chi connectivity index (χ3n) is 1.85. The van der Waals surface area contributed by atoms with Crippen LogP contribution in [-0.4, -0.2) is 16.7 Å². The highest BCUT2D eigenvalue weighted by molar-refractivity contribution is 5.49. The molecule has 0 amide bonds. The van der Waals surface area contributed by atoms with Crippen molar-refractivity contribution in [1.82, 2.24) is 0 Å². The van der Waals surface area contributed by atoms with Crippen molar-refractivity contribution in [3.63, 3.8) is 0 Å². The molecule has 0 aliphatic rings. The number of nitrogens with zero attached hydrogens (tertiary/aromatic N) is 2. The Morgan fingerprint density at radius 3 is 2.19 bits per heavy atom. The third-order valence-corrected chi connectivity index (χ3v) is 1.85. The number of rotatable bonds is 2. The Kier molecular flexibility index (Phi) is 2.92. The van der Waals surface area contributed by atoms with E-state index in [2.05, 4.69) is 0 Å². The van der Waals surface area contributed by atoms with Gasteiger partial charge in [-0.25, -0.2) is 0 Å². The lowest BCUT2D eigenvalue weighted by molar-refractivity contribution is -0.429. The Morgan fingerprint density at radius 2 is 1.81 bits per heavy atom. The first-order valence-electron chi connectivity index (χ1n) is 4.00. The van der Waals surface area contributed by atoms with E-state index in [0.717, 1.165) is 13.1 Å². The number of hydrogen-bond donors (Lipinski definition) is 0. The van der Waals surface area contributed by atoms with E-state index in [1.807, 2.05) is 0 Å². The van der Waals surface area contributed by atoms with Crippen molar-refractivity contribution in [1.29, 1.82) is 0 Å². The Hall–Kier alpha value is -1.99. The zero-order chi connectivity index (χ0) is 12.5. The Labute approximate surface area is 87.2 Å². The molecule has 5 nitrogen and oxygen atoms in total. The number of nitro groups is 1. The first kappa shape index (κ1) is 12.1. The van der Waals surface area contributed by atoms with Crippen molar-refractivity contribution in [2.75, 3.05) is 7.05 Å². The van der Waals surface area contributed by atoms with E-state index in [9.17, 15) is 28.2 Å². The molecule has 0 radical (unpaired) electrons. The van der Waals surface area contributed by atoms with Gasteiger partial charge in [0.1, 0.15) is 5.56 Å². The molecule has 16 heavy (non-hydrogen) atoms. The van der Waals surface area contributed by atoms with Crippen molar-refractivity contribution in [3.05, 3.63) is 38.8 Å². The fourth-order valence-electron chi connectivity index (χ4n) is 1.11. The number of nitro benzene ring substituents is 1. The molecule has 1 rings (SSSR count). The van der Waals surface area contributed by atoms with Gasteiger partial charge in [0.15, 0.2) is 7.05 Å². The summed E-state index contributed by atoms with van der Waals surface area (Å²) >= 11 is 0. The first-order valence-corrected chi connectivity index (χ1v) is 4.00. The second-order valence-electron chi connectivity index (χ2n) is 2.95. The maximum absolute atomic E-state index is 12.4. The van der Waals surface area contributed by atoms with Gasteiger partial charge >= 0.3 is 6.18 Å². The molecule has 0 aliphatic carbocycles. The molecule has 0 heterocycles. The molecular formula is C8H6F3N2O3+. The smallest absolute Gasteiger partial charge is 0.258 e. The van der Waals surface area contributed by atoms with Crippen LogP contribution < -0.4 is 0 Å². The highest BCUT2D eigenvalue weighted by atomic mass is 19.4. The molecule has 86 valence electrons. The molecule has 1 aromatic carbocycles. The topological polar surface area (TPSA) is 63.2 Å². The highest BCUT2D eigenvalue weighted by Crippen LogP contribution is 2.37. The third kappa shape index (κ3) is 2.33. The van der Waals surface area contributed by atoms with E-state index >= 15 is 0 Å². The van der Waals surface area contributed by atoms with Gasteiger partial charge in [-0.2, -0.15) is 13.2 Å². The Bertz CT molecular complexity index is 456. The fourth-order valence-corrected chi connectivity index (χ4v) is 1.11. The summed E-state index contributed by atoms with van der Waals surface area (Å²) < 4.78 is 37.5. The Morgan fingerprint density at radius 1 is 1.25 bits per heavy atom. The number of nitroso groups, excluding NO2 is 1. The van der Waals surface area contributed by atoms with Gasteiger partial charge in [-0.15, -0.1) is 0 Å². The van der Waals surface area contributed by atoms with Gasteiger partial charge in [-0.05, 0) is 0 Å². The van der Waals surface area contributed by atoms with E-state index in [-0.39, 0.29) is 10.4 Å². The van der Waals surface area contributed by atoms with Gasteiger partial charge in [-0.1, -0.05) is 0 Å². The molecule has 0 saturated carbocycles. The molecule has 0 bridgehead atoms. The maximum atomic E-state index is 12.4. The van der Waals surface area contributed by atoms with Crippen LogP contribution in [0.25, 0.3) is 0 Å². The average molecular weight is 235 g/mol. The van der Waals surface area contributed by atoms with Crippen molar-refractivity contribution < 1.29 is 22.9 Å². The standard InChI is InChI=1S/C8H6F3N2O3/c1-12(14)5-2-3-7(13(15)16)6(4-5)8(9,10)11/h2-4H,1H3/q+1. The van der Waals surface area contributed by atoms with Crippen molar-refractivity contribution >= 4 is 11.4 Å². The van der Waals surface area contributed by atoms with Crippen LogP contribution in [0.2, 0.25) is 0 Å². The summed E-state index contributed by atoms with van der Waals surface area (Å²) in [6.45, 7) is 0. The van der Waals surface area contributed by atoms with E-state index in [4.69, 9.17) is 0 Å². The van der Waals surface area contributed by atoms with Gasteiger partial charge < -0.3 is 0 Å². The second-order valence-corrected chi connectivity index (χ2v) is 2.95. The minimum atomic E-state index is -4.87. The lowest BCUT2D eigenvalue weighted by atomic mass is 10.1. The molecule has 0 N–H and O–H groups in total. The molecule has 0 atom stereocenters. The van der Waals surface area contributed by atoms with Gasteiger partial charge in [0.2, 0.25) is 0 Å². The normalized spacial score (nSPS) is 11.2. The molecule has 0 saturated heterocycles. The van der Waals surface area contributed by atoms with E-state index in [0.29, 0.717) is 12.1 Å². The quantitative estimate of drug-likeness (QED) is 0.449. The number of alkyl halides is 3. The maximum Gasteiger partial charge on any atom is 0.423 e. The number of benzene rings is 1. The highest BCUT2D eigenvalue weighted by Gasteiger charge is 2.39. The van der Waals surface area contributed by atoms with Crippen LogP contribution in [0.1, 0.15) is 5.56 Å². The first-order chi connectivity index (χ1) is 7.23. The van der Waals surface area contributed by atoms with E-state index < -0.39 is 22.4 Å². The lowest BCUT2D eigenvalue weighted by Crippen LogP contribution is -2.09. The molecule has 0 aromatic heterocycles. The van der Waals surface area contributed by atoms with Gasteiger partial charge in [0, 0.05) is 27.9 Å². The minimum Gasteiger partial charge on any atom is -0.258 e. The molecule has 0 spiro atoms. The number of halogens is 3. The van der Waals surface area contributed by atoms with Gasteiger partial charge in [0.05, 0.1) is 4.92 Å². The van der Waals surface area contributed by atoms with Crippen LogP contribution in [0.5, 0.6) is 0 Å². The summed E-state index contributed by atoms with van der Waals surface area (Å²) in [6, 6.07) is 2.07. The molecule has 8 heteroatoms. The summed E-state index contributed by atoms with van der Waals surface area (Å²) in [5.74, 6) is 0. The molecule has 0 aliphatic heterocycles. The van der Waals surface area contributed by atoms with Crippen LogP contribution >= 0.6 is 0 Å². The predicted octanol–water partition coefficient (Wildman–Crippen LogP) is 2.65. The summed E-state index contributed by atoms with van der Waals surface area (Å²) in [5, 5.41) is 10.4. The monoisotopic (exact) mass is 235 g/mol. The number of hydrogen-bond acceptors (Lipinski definition) is 3. The summed E-state index contributed by atoms with van der Waals surface area (Å²) in [6.07, 6.45) is -4.87. The van der Waals surface area contributed by atoms with Crippen LogP contribution in [-0.2, 0) is 6.18 Å². The van der Waals surface area contributed by atoms with Gasteiger partial charge in [0.25, 0.3) is 11.4 Å². The Balaban J connectivity index is 3.45. The van der Waals surface area contributed by atoms with Gasteiger partial charge in [-0.3, -0.25) is 10.1 Å². The molecule has 1 aromatic rings.